The topological polar surface area (TPSA) is 30.0 Å². The average molecular weight is 309 g/mol. The van der Waals surface area contributed by atoms with E-state index in [9.17, 15) is 4.79 Å². The van der Waals surface area contributed by atoms with Gasteiger partial charge < -0.3 is 0 Å². The van der Waals surface area contributed by atoms with Gasteiger partial charge in [-0.2, -0.15) is 0 Å². The summed E-state index contributed by atoms with van der Waals surface area (Å²) in [4.78, 5) is 16.3. The maximum atomic E-state index is 12.4. The highest BCUT2D eigenvalue weighted by Crippen LogP contribution is 2.29. The van der Waals surface area contributed by atoms with E-state index in [1.54, 1.807) is 30.6 Å². The number of nitrogens with zero attached hydrogens (tertiary/aromatic N) is 1. The molecule has 1 aromatic heterocycles. The second-order valence-electron chi connectivity index (χ2n) is 5.67. The minimum absolute atomic E-state index is 0.0191. The van der Waals surface area contributed by atoms with E-state index >= 15 is 0 Å². The predicted molar refractivity (Wildman–Crippen MR) is 99.1 cm³/mol. The Morgan fingerprint density at radius 3 is 2.00 bits per heavy atom. The van der Waals surface area contributed by atoms with E-state index in [4.69, 9.17) is 0 Å². The molecular formula is C22H15NO. The molecule has 4 aromatic rings. The number of hydrogen-bond donors (Lipinski definition) is 0. The molecule has 24 heavy (non-hydrogen) atoms. The molecule has 0 spiro atoms. The molecule has 0 amide bonds. The number of benzene rings is 3. The third kappa shape index (κ3) is 2.59. The first-order chi connectivity index (χ1) is 11.8. The van der Waals surface area contributed by atoms with Crippen LogP contribution in [0.1, 0.15) is 15.9 Å². The third-order valence-corrected chi connectivity index (χ3v) is 4.18. The average Bonchev–Trinajstić information content (AvgIpc) is 2.65. The second-order valence-corrected chi connectivity index (χ2v) is 5.67. The molecule has 2 nitrogen and oxygen atoms in total. The molecule has 0 aliphatic heterocycles. The predicted octanol–water partition coefficient (Wildman–Crippen LogP) is 5.28. The Labute approximate surface area is 140 Å². The third-order valence-electron chi connectivity index (χ3n) is 4.18. The highest BCUT2D eigenvalue weighted by molar-refractivity contribution is 6.11. The van der Waals surface area contributed by atoms with Crippen molar-refractivity contribution >= 4 is 33.4 Å². The van der Waals surface area contributed by atoms with Gasteiger partial charge in [0.25, 0.3) is 0 Å². The van der Waals surface area contributed by atoms with Gasteiger partial charge in [-0.05, 0) is 57.5 Å². The van der Waals surface area contributed by atoms with Crippen molar-refractivity contribution < 1.29 is 4.79 Å². The number of carbonyl (C=O) groups excluding carboxylic acids is 1. The fraction of sp³-hybridized carbons (Fsp3) is 0. The maximum Gasteiger partial charge on any atom is 0.185 e. The van der Waals surface area contributed by atoms with E-state index in [0.717, 1.165) is 16.3 Å². The molecule has 0 saturated heterocycles. The largest absolute Gasteiger partial charge is 0.289 e. The van der Waals surface area contributed by atoms with Gasteiger partial charge >= 0.3 is 0 Å². The molecular weight excluding hydrogens is 294 g/mol. The van der Waals surface area contributed by atoms with E-state index in [0.29, 0.717) is 5.56 Å². The van der Waals surface area contributed by atoms with Crippen LogP contribution in [0.3, 0.4) is 0 Å². The van der Waals surface area contributed by atoms with Gasteiger partial charge in [-0.1, -0.05) is 48.5 Å². The first kappa shape index (κ1) is 14.3. The fourth-order valence-electron chi connectivity index (χ4n) is 3.00. The Hall–Kier alpha value is -3.26. The quantitative estimate of drug-likeness (QED) is 0.292. The maximum absolute atomic E-state index is 12.4. The summed E-state index contributed by atoms with van der Waals surface area (Å²) < 4.78 is 0. The van der Waals surface area contributed by atoms with Gasteiger partial charge in [-0.15, -0.1) is 0 Å². The molecule has 2 heteroatoms. The lowest BCUT2D eigenvalue weighted by Gasteiger charge is -2.08. The van der Waals surface area contributed by atoms with Crippen molar-refractivity contribution in [1.29, 1.82) is 0 Å². The number of ketones is 1. The second kappa shape index (κ2) is 6.09. The Morgan fingerprint density at radius 1 is 0.792 bits per heavy atom. The molecule has 0 aliphatic rings. The van der Waals surface area contributed by atoms with Gasteiger partial charge in [0.05, 0.1) is 0 Å². The summed E-state index contributed by atoms with van der Waals surface area (Å²) in [7, 11) is 0. The number of pyridine rings is 1. The van der Waals surface area contributed by atoms with Gasteiger partial charge in [0.1, 0.15) is 0 Å². The number of hydrogen-bond acceptors (Lipinski definition) is 2. The summed E-state index contributed by atoms with van der Waals surface area (Å²) in [6.07, 6.45) is 6.83. The summed E-state index contributed by atoms with van der Waals surface area (Å²) in [5.41, 5.74) is 1.72. The number of allylic oxidation sites excluding steroid dienone is 1. The van der Waals surface area contributed by atoms with Crippen LogP contribution in [-0.2, 0) is 0 Å². The molecule has 0 radical (unpaired) electrons. The van der Waals surface area contributed by atoms with Crippen molar-refractivity contribution in [3.63, 3.8) is 0 Å². The minimum atomic E-state index is -0.0191. The van der Waals surface area contributed by atoms with Crippen molar-refractivity contribution in [2.75, 3.05) is 0 Å². The van der Waals surface area contributed by atoms with Gasteiger partial charge in [0, 0.05) is 18.0 Å². The van der Waals surface area contributed by atoms with Gasteiger partial charge in [0.15, 0.2) is 5.78 Å². The summed E-state index contributed by atoms with van der Waals surface area (Å²) in [6, 6.07) is 22.2. The van der Waals surface area contributed by atoms with Crippen LogP contribution in [0.15, 0.2) is 85.2 Å². The normalized spacial score (nSPS) is 11.3. The molecule has 0 bridgehead atoms. The zero-order valence-electron chi connectivity index (χ0n) is 13.0. The van der Waals surface area contributed by atoms with E-state index in [1.165, 1.54) is 10.8 Å². The molecule has 114 valence electrons. The Bertz CT molecular complexity index is 1010. The number of carbonyl (C=O) groups is 1. The van der Waals surface area contributed by atoms with Crippen LogP contribution in [-0.4, -0.2) is 10.8 Å². The Kier molecular flexibility index (Phi) is 3.64. The smallest absolute Gasteiger partial charge is 0.185 e. The van der Waals surface area contributed by atoms with Gasteiger partial charge in [0.2, 0.25) is 0 Å². The van der Waals surface area contributed by atoms with Gasteiger partial charge in [-0.3, -0.25) is 9.78 Å². The van der Waals surface area contributed by atoms with Gasteiger partial charge in [-0.25, -0.2) is 0 Å². The summed E-state index contributed by atoms with van der Waals surface area (Å²) >= 11 is 0. The molecule has 0 saturated carbocycles. The van der Waals surface area contributed by atoms with E-state index in [2.05, 4.69) is 35.3 Å². The number of fused-ring (bicyclic) bond motifs is 2. The SMILES string of the molecule is O=C(/C=C/c1c2ccccc2cc2ccccc12)c1ccncc1. The molecule has 1 heterocycles. The van der Waals surface area contributed by atoms with Crippen molar-refractivity contribution in [2.24, 2.45) is 0 Å². The molecule has 0 fully saturated rings. The lowest BCUT2D eigenvalue weighted by Crippen LogP contribution is -1.94. The first-order valence-electron chi connectivity index (χ1n) is 7.86. The fourth-order valence-corrected chi connectivity index (χ4v) is 3.00. The van der Waals surface area contributed by atoms with E-state index in [-0.39, 0.29) is 5.78 Å². The molecule has 0 N–H and O–H groups in total. The summed E-state index contributed by atoms with van der Waals surface area (Å²) in [6.45, 7) is 0. The lowest BCUT2D eigenvalue weighted by molar-refractivity contribution is 0.104. The van der Waals surface area contributed by atoms with Crippen molar-refractivity contribution in [2.45, 2.75) is 0 Å². The number of aromatic nitrogens is 1. The van der Waals surface area contributed by atoms with Crippen LogP contribution in [0.4, 0.5) is 0 Å². The van der Waals surface area contributed by atoms with Crippen LogP contribution in [0, 0.1) is 0 Å². The standard InChI is InChI=1S/C22H15NO/c24-22(16-11-13-23-14-12-16)10-9-21-19-7-3-1-5-17(19)15-18-6-2-4-8-20(18)21/h1-15H/b10-9+. The van der Waals surface area contributed by atoms with Crippen LogP contribution < -0.4 is 0 Å². The molecule has 3 aromatic carbocycles. The van der Waals surface area contributed by atoms with E-state index in [1.807, 2.05) is 30.3 Å². The first-order valence-corrected chi connectivity index (χ1v) is 7.86. The summed E-state index contributed by atoms with van der Waals surface area (Å²) in [5, 5.41) is 4.64. The molecule has 0 unspecified atom stereocenters. The van der Waals surface area contributed by atoms with Crippen molar-refractivity contribution in [3.05, 3.63) is 96.3 Å². The number of rotatable bonds is 3. The van der Waals surface area contributed by atoms with Crippen molar-refractivity contribution in [3.8, 4) is 0 Å². The highest BCUT2D eigenvalue weighted by atomic mass is 16.1. The zero-order chi connectivity index (χ0) is 16.4. The van der Waals surface area contributed by atoms with Crippen molar-refractivity contribution in [1.82, 2.24) is 4.98 Å². The Balaban J connectivity index is 1.88. The lowest BCUT2D eigenvalue weighted by atomic mass is 9.96. The minimum Gasteiger partial charge on any atom is -0.289 e. The van der Waals surface area contributed by atoms with Crippen LogP contribution in [0.2, 0.25) is 0 Å². The highest BCUT2D eigenvalue weighted by Gasteiger charge is 2.06. The monoisotopic (exact) mass is 309 g/mol. The Morgan fingerprint density at radius 2 is 1.38 bits per heavy atom. The van der Waals surface area contributed by atoms with Crippen LogP contribution >= 0.6 is 0 Å². The molecule has 4 rings (SSSR count). The van der Waals surface area contributed by atoms with E-state index < -0.39 is 0 Å². The van der Waals surface area contributed by atoms with Crippen LogP contribution in [0.5, 0.6) is 0 Å². The summed E-state index contributed by atoms with van der Waals surface area (Å²) in [5.74, 6) is -0.0191. The molecule has 0 atom stereocenters. The van der Waals surface area contributed by atoms with Crippen LogP contribution in [0.25, 0.3) is 27.6 Å². The zero-order valence-corrected chi connectivity index (χ0v) is 13.0. The molecule has 0 aliphatic carbocycles.